The lowest BCUT2D eigenvalue weighted by Gasteiger charge is -2.13. The summed E-state index contributed by atoms with van der Waals surface area (Å²) in [6.45, 7) is -0.468. The average molecular weight is 446 g/mol. The van der Waals surface area contributed by atoms with Crippen molar-refractivity contribution in [3.8, 4) is 0 Å². The second kappa shape index (κ2) is 8.21. The van der Waals surface area contributed by atoms with Crippen LogP contribution >= 0.6 is 0 Å². The summed E-state index contributed by atoms with van der Waals surface area (Å²) in [4.78, 5) is 29.0. The van der Waals surface area contributed by atoms with E-state index in [9.17, 15) is 27.2 Å². The Bertz CT molecular complexity index is 1360. The molecular formula is C20H14F4N6O2. The summed E-state index contributed by atoms with van der Waals surface area (Å²) in [5, 5.41) is 9.79. The van der Waals surface area contributed by atoms with Crippen LogP contribution in [0, 0.1) is 5.82 Å². The molecule has 0 aliphatic carbocycles. The number of anilines is 1. The van der Waals surface area contributed by atoms with Gasteiger partial charge < -0.3 is 5.32 Å². The van der Waals surface area contributed by atoms with Crippen molar-refractivity contribution < 1.29 is 22.4 Å². The van der Waals surface area contributed by atoms with E-state index in [0.29, 0.717) is 5.56 Å². The van der Waals surface area contributed by atoms with Crippen LogP contribution in [0.4, 0.5) is 23.2 Å². The number of aromatic nitrogens is 5. The highest BCUT2D eigenvalue weighted by atomic mass is 19.4. The van der Waals surface area contributed by atoms with Gasteiger partial charge in [-0.15, -0.1) is 5.10 Å². The van der Waals surface area contributed by atoms with Crippen LogP contribution in [0.3, 0.4) is 0 Å². The molecule has 0 saturated heterocycles. The summed E-state index contributed by atoms with van der Waals surface area (Å²) in [6.07, 6.45) is -3.58. The second-order valence-corrected chi connectivity index (χ2v) is 6.82. The van der Waals surface area contributed by atoms with E-state index in [-0.39, 0.29) is 17.7 Å². The summed E-state index contributed by atoms with van der Waals surface area (Å²) in [5.74, 6) is -1.28. The molecule has 0 aliphatic rings. The number of carbonyl (C=O) groups is 1. The largest absolute Gasteiger partial charge is 0.418 e. The summed E-state index contributed by atoms with van der Waals surface area (Å²) in [5.41, 5.74) is -1.56. The smallest absolute Gasteiger partial charge is 0.324 e. The highest BCUT2D eigenvalue weighted by molar-refractivity contribution is 5.91. The molecule has 0 atom stereocenters. The molecule has 0 radical (unpaired) electrons. The van der Waals surface area contributed by atoms with Crippen molar-refractivity contribution in [2.24, 2.45) is 0 Å². The van der Waals surface area contributed by atoms with E-state index < -0.39 is 41.3 Å². The van der Waals surface area contributed by atoms with Crippen LogP contribution in [0.15, 0.2) is 59.7 Å². The van der Waals surface area contributed by atoms with Crippen molar-refractivity contribution in [3.05, 3.63) is 82.2 Å². The number of alkyl halides is 3. The van der Waals surface area contributed by atoms with Gasteiger partial charge in [0.25, 0.3) is 5.56 Å². The fourth-order valence-electron chi connectivity index (χ4n) is 3.10. The van der Waals surface area contributed by atoms with Crippen molar-refractivity contribution in [1.29, 1.82) is 0 Å². The Labute approximate surface area is 177 Å². The van der Waals surface area contributed by atoms with Crippen molar-refractivity contribution in [2.45, 2.75) is 19.3 Å². The number of fused-ring (bicyclic) bond motifs is 1. The lowest BCUT2D eigenvalue weighted by molar-refractivity contribution is -0.137. The molecule has 12 heteroatoms. The number of nitrogens with zero attached hydrogens (tertiary/aromatic N) is 5. The van der Waals surface area contributed by atoms with Crippen LogP contribution < -0.4 is 10.9 Å². The monoisotopic (exact) mass is 446 g/mol. The summed E-state index contributed by atoms with van der Waals surface area (Å²) in [7, 11) is 0. The van der Waals surface area contributed by atoms with Gasteiger partial charge in [0, 0.05) is 0 Å². The molecule has 2 aromatic heterocycles. The molecule has 0 spiro atoms. The molecule has 1 amide bonds. The first-order valence-electron chi connectivity index (χ1n) is 9.21. The van der Waals surface area contributed by atoms with Crippen LogP contribution in [-0.4, -0.2) is 30.5 Å². The Morgan fingerprint density at radius 2 is 1.88 bits per heavy atom. The van der Waals surface area contributed by atoms with E-state index in [2.05, 4.69) is 20.6 Å². The predicted molar refractivity (Wildman–Crippen MR) is 105 cm³/mol. The third-order valence-electron chi connectivity index (χ3n) is 4.53. The van der Waals surface area contributed by atoms with E-state index >= 15 is 0 Å². The van der Waals surface area contributed by atoms with Crippen LogP contribution in [0.5, 0.6) is 0 Å². The summed E-state index contributed by atoms with van der Waals surface area (Å²) < 4.78 is 54.9. The number of benzene rings is 2. The van der Waals surface area contributed by atoms with Gasteiger partial charge in [-0.1, -0.05) is 29.5 Å². The molecule has 32 heavy (non-hydrogen) atoms. The number of nitrogens with one attached hydrogen (secondary N) is 1. The Kier molecular flexibility index (Phi) is 5.43. The van der Waals surface area contributed by atoms with Gasteiger partial charge in [-0.2, -0.15) is 13.2 Å². The first-order valence-corrected chi connectivity index (χ1v) is 9.21. The zero-order valence-corrected chi connectivity index (χ0v) is 16.2. The zero-order chi connectivity index (χ0) is 22.9. The van der Waals surface area contributed by atoms with Crippen LogP contribution in [0.25, 0.3) is 11.2 Å². The minimum absolute atomic E-state index is 0.111. The minimum atomic E-state index is -4.65. The number of hydrogen-bond donors (Lipinski definition) is 1. The lowest BCUT2D eigenvalue weighted by atomic mass is 10.1. The van der Waals surface area contributed by atoms with E-state index in [0.717, 1.165) is 23.0 Å². The van der Waals surface area contributed by atoms with Crippen LogP contribution in [0.1, 0.15) is 11.1 Å². The fraction of sp³-hybridized carbons (Fsp3) is 0.150. The maximum Gasteiger partial charge on any atom is 0.418 e. The van der Waals surface area contributed by atoms with Gasteiger partial charge >= 0.3 is 6.18 Å². The van der Waals surface area contributed by atoms with Crippen molar-refractivity contribution in [2.75, 3.05) is 5.32 Å². The molecule has 4 aromatic rings. The fourth-order valence-corrected chi connectivity index (χ4v) is 3.10. The molecular weight excluding hydrogens is 432 g/mol. The van der Waals surface area contributed by atoms with Crippen LogP contribution in [-0.2, 0) is 24.1 Å². The topological polar surface area (TPSA) is 94.7 Å². The summed E-state index contributed by atoms with van der Waals surface area (Å²) >= 11 is 0. The maximum atomic E-state index is 13.4. The third kappa shape index (κ3) is 4.33. The number of rotatable bonds is 5. The molecule has 0 saturated carbocycles. The lowest BCUT2D eigenvalue weighted by Crippen LogP contribution is -2.28. The average Bonchev–Trinajstić information content (AvgIpc) is 3.13. The zero-order valence-electron chi connectivity index (χ0n) is 16.2. The minimum Gasteiger partial charge on any atom is -0.324 e. The molecule has 0 fully saturated rings. The Balaban J connectivity index is 1.55. The van der Waals surface area contributed by atoms with E-state index in [1.165, 1.54) is 35.0 Å². The quantitative estimate of drug-likeness (QED) is 0.476. The third-order valence-corrected chi connectivity index (χ3v) is 4.53. The van der Waals surface area contributed by atoms with Crippen molar-refractivity contribution in [1.82, 2.24) is 24.5 Å². The number of amides is 1. The van der Waals surface area contributed by atoms with Crippen molar-refractivity contribution in [3.63, 3.8) is 0 Å². The van der Waals surface area contributed by atoms with E-state index in [1.54, 1.807) is 6.07 Å². The first kappa shape index (κ1) is 21.2. The predicted octanol–water partition coefficient (Wildman–Crippen LogP) is 2.83. The Morgan fingerprint density at radius 1 is 1.09 bits per heavy atom. The standard InChI is InChI=1S/C20H14F4N6O2/c21-13-5-3-4-12(8-13)9-30-18-17(27-28-30)19(32)29(11-25-18)10-16(31)26-15-7-2-1-6-14(15)20(22,23)24/h1-8,11H,9-10H2,(H,26,31). The van der Waals surface area contributed by atoms with Gasteiger partial charge in [-0.25, -0.2) is 14.1 Å². The number of para-hydroxylation sites is 1. The molecule has 1 N–H and O–H groups in total. The molecule has 0 unspecified atom stereocenters. The van der Waals surface area contributed by atoms with Gasteiger partial charge in [-0.3, -0.25) is 14.2 Å². The molecule has 2 aromatic carbocycles. The molecule has 164 valence electrons. The molecule has 2 heterocycles. The van der Waals surface area contributed by atoms with E-state index in [4.69, 9.17) is 0 Å². The maximum absolute atomic E-state index is 13.4. The SMILES string of the molecule is O=C(Cn1cnc2c(nnn2Cc2cccc(F)c2)c1=O)Nc1ccccc1C(F)(F)F. The molecule has 0 bridgehead atoms. The van der Waals surface area contributed by atoms with Gasteiger partial charge in [0.15, 0.2) is 11.2 Å². The first-order chi connectivity index (χ1) is 15.2. The van der Waals surface area contributed by atoms with Gasteiger partial charge in [0.2, 0.25) is 5.91 Å². The highest BCUT2D eigenvalue weighted by Crippen LogP contribution is 2.34. The molecule has 8 nitrogen and oxygen atoms in total. The van der Waals surface area contributed by atoms with Crippen molar-refractivity contribution >= 4 is 22.8 Å². The van der Waals surface area contributed by atoms with E-state index in [1.807, 2.05) is 0 Å². The molecule has 4 rings (SSSR count). The van der Waals surface area contributed by atoms with Gasteiger partial charge in [0.05, 0.1) is 17.8 Å². The number of hydrogen-bond acceptors (Lipinski definition) is 5. The second-order valence-electron chi connectivity index (χ2n) is 6.82. The number of halogens is 4. The molecule has 0 aliphatic heterocycles. The van der Waals surface area contributed by atoms with Gasteiger partial charge in [0.1, 0.15) is 18.7 Å². The highest BCUT2D eigenvalue weighted by Gasteiger charge is 2.33. The van der Waals surface area contributed by atoms with Crippen LogP contribution in [0.2, 0.25) is 0 Å². The number of carbonyl (C=O) groups excluding carboxylic acids is 1. The van der Waals surface area contributed by atoms with Gasteiger partial charge in [-0.05, 0) is 29.8 Å². The Hall–Kier alpha value is -4.09. The summed E-state index contributed by atoms with van der Waals surface area (Å²) in [6, 6.07) is 10.3. The Morgan fingerprint density at radius 3 is 2.62 bits per heavy atom. The normalized spacial score (nSPS) is 11.6.